The molecule has 0 aromatic heterocycles. The van der Waals surface area contributed by atoms with Crippen LogP contribution in [0.25, 0.3) is 6.08 Å². The van der Waals surface area contributed by atoms with Crippen LogP contribution >= 0.6 is 15.9 Å². The lowest BCUT2D eigenvalue weighted by atomic mass is 10.2. The lowest BCUT2D eigenvalue weighted by Gasteiger charge is -2.14. The first-order valence-electron chi connectivity index (χ1n) is 6.66. The van der Waals surface area contributed by atoms with E-state index in [4.69, 9.17) is 19.3 Å². The van der Waals surface area contributed by atoms with Crippen molar-refractivity contribution in [2.75, 3.05) is 26.4 Å². The third-order valence-electron chi connectivity index (χ3n) is 2.43. The van der Waals surface area contributed by atoms with E-state index in [0.29, 0.717) is 48.0 Å². The molecular weight excluding hydrogens is 340 g/mol. The summed E-state index contributed by atoms with van der Waals surface area (Å²) in [4.78, 5) is 10.6. The molecule has 0 unspecified atom stereocenters. The van der Waals surface area contributed by atoms with E-state index >= 15 is 0 Å². The van der Waals surface area contributed by atoms with Gasteiger partial charge in [-0.3, -0.25) is 0 Å². The summed E-state index contributed by atoms with van der Waals surface area (Å²) in [5, 5.41) is 8.67. The number of hydrogen-bond acceptors (Lipinski definition) is 4. The van der Waals surface area contributed by atoms with Gasteiger partial charge in [0, 0.05) is 12.7 Å². The van der Waals surface area contributed by atoms with Gasteiger partial charge < -0.3 is 19.3 Å². The number of carboxylic acids is 1. The molecule has 6 heteroatoms. The van der Waals surface area contributed by atoms with Gasteiger partial charge in [0.25, 0.3) is 0 Å². The van der Waals surface area contributed by atoms with Gasteiger partial charge in [-0.15, -0.1) is 0 Å². The lowest BCUT2D eigenvalue weighted by Crippen LogP contribution is -2.08. The molecule has 1 aromatic carbocycles. The fourth-order valence-corrected chi connectivity index (χ4v) is 2.18. The summed E-state index contributed by atoms with van der Waals surface area (Å²) < 4.78 is 17.1. The Morgan fingerprint density at radius 3 is 2.62 bits per heavy atom. The van der Waals surface area contributed by atoms with Crippen LogP contribution in [0.2, 0.25) is 0 Å². The van der Waals surface area contributed by atoms with E-state index < -0.39 is 5.97 Å². The maximum Gasteiger partial charge on any atom is 0.328 e. The minimum absolute atomic E-state index is 0.414. The summed E-state index contributed by atoms with van der Waals surface area (Å²) in [6.07, 6.45) is 2.58. The Morgan fingerprint density at radius 2 is 2.00 bits per heavy atom. The van der Waals surface area contributed by atoms with E-state index in [1.807, 2.05) is 13.8 Å². The van der Waals surface area contributed by atoms with Crippen LogP contribution in [0, 0.1) is 0 Å². The fraction of sp³-hybridized carbons (Fsp3) is 0.400. The van der Waals surface area contributed by atoms with Crippen LogP contribution in [0.3, 0.4) is 0 Å². The third kappa shape index (κ3) is 6.18. The molecule has 116 valence electrons. The van der Waals surface area contributed by atoms with E-state index in [1.54, 1.807) is 12.1 Å². The van der Waals surface area contributed by atoms with Crippen molar-refractivity contribution in [1.29, 1.82) is 0 Å². The van der Waals surface area contributed by atoms with Crippen LogP contribution in [0.4, 0.5) is 0 Å². The van der Waals surface area contributed by atoms with Gasteiger partial charge in [-0.2, -0.15) is 0 Å². The molecule has 1 aromatic rings. The van der Waals surface area contributed by atoms with Crippen LogP contribution in [0.1, 0.15) is 19.4 Å². The maximum absolute atomic E-state index is 10.6. The molecule has 0 bridgehead atoms. The number of carbonyl (C=O) groups is 1. The quantitative estimate of drug-likeness (QED) is 0.541. The molecule has 0 saturated heterocycles. The number of benzene rings is 1. The molecule has 0 heterocycles. The number of aliphatic carboxylic acids is 1. The second-order valence-corrected chi connectivity index (χ2v) is 4.83. The molecule has 0 amide bonds. The van der Waals surface area contributed by atoms with Gasteiger partial charge in [-0.1, -0.05) is 0 Å². The Bertz CT molecular complexity index is 499. The number of rotatable bonds is 9. The summed E-state index contributed by atoms with van der Waals surface area (Å²) in [7, 11) is 0. The number of carboxylic acid groups (broad SMARTS) is 1. The predicted octanol–water partition coefficient (Wildman–Crippen LogP) is 3.36. The van der Waals surface area contributed by atoms with Crippen LogP contribution in [-0.4, -0.2) is 37.5 Å². The standard InChI is InChI=1S/C15H19BrO5/c1-3-19-7-8-21-15-12(16)9-11(5-6-14(17)18)10-13(15)20-4-2/h5-6,9-10H,3-4,7-8H2,1-2H3,(H,17,18). The minimum Gasteiger partial charge on any atom is -0.490 e. The molecule has 0 aliphatic heterocycles. The smallest absolute Gasteiger partial charge is 0.328 e. The van der Waals surface area contributed by atoms with Crippen molar-refractivity contribution >= 4 is 28.0 Å². The molecule has 0 spiro atoms. The second kappa shape index (κ2) is 9.41. The molecule has 0 saturated carbocycles. The van der Waals surface area contributed by atoms with Crippen molar-refractivity contribution in [3.8, 4) is 11.5 Å². The summed E-state index contributed by atoms with van der Waals surface area (Å²) in [5.41, 5.74) is 0.713. The Hall–Kier alpha value is -1.53. The van der Waals surface area contributed by atoms with Crippen molar-refractivity contribution in [3.05, 3.63) is 28.2 Å². The van der Waals surface area contributed by atoms with Crippen LogP contribution in [0.15, 0.2) is 22.7 Å². The molecule has 1 N–H and O–H groups in total. The second-order valence-electron chi connectivity index (χ2n) is 3.98. The minimum atomic E-state index is -0.999. The zero-order chi connectivity index (χ0) is 15.7. The maximum atomic E-state index is 10.6. The molecule has 0 fully saturated rings. The first-order chi connectivity index (χ1) is 10.1. The predicted molar refractivity (Wildman–Crippen MR) is 84.0 cm³/mol. The highest BCUT2D eigenvalue weighted by Crippen LogP contribution is 2.37. The summed E-state index contributed by atoms with van der Waals surface area (Å²) in [5.74, 6) is 0.151. The van der Waals surface area contributed by atoms with Gasteiger partial charge in [0.1, 0.15) is 6.61 Å². The van der Waals surface area contributed by atoms with E-state index in [9.17, 15) is 4.79 Å². The van der Waals surface area contributed by atoms with Crippen LogP contribution in [-0.2, 0) is 9.53 Å². The topological polar surface area (TPSA) is 65.0 Å². The highest BCUT2D eigenvalue weighted by molar-refractivity contribution is 9.10. The van der Waals surface area contributed by atoms with E-state index in [1.165, 1.54) is 6.08 Å². The van der Waals surface area contributed by atoms with Crippen molar-refractivity contribution in [3.63, 3.8) is 0 Å². The van der Waals surface area contributed by atoms with Gasteiger partial charge in [0.2, 0.25) is 0 Å². The fourth-order valence-electron chi connectivity index (χ4n) is 1.60. The highest BCUT2D eigenvalue weighted by Gasteiger charge is 2.11. The van der Waals surface area contributed by atoms with Gasteiger partial charge in [0.05, 0.1) is 17.7 Å². The molecule has 5 nitrogen and oxygen atoms in total. The average Bonchev–Trinajstić information content (AvgIpc) is 2.43. The van der Waals surface area contributed by atoms with Crippen molar-refractivity contribution in [2.45, 2.75) is 13.8 Å². The Kier molecular flexibility index (Phi) is 7.85. The number of hydrogen-bond donors (Lipinski definition) is 1. The molecule has 21 heavy (non-hydrogen) atoms. The largest absolute Gasteiger partial charge is 0.490 e. The average molecular weight is 359 g/mol. The first kappa shape index (κ1) is 17.5. The van der Waals surface area contributed by atoms with Crippen LogP contribution < -0.4 is 9.47 Å². The van der Waals surface area contributed by atoms with Crippen molar-refractivity contribution in [2.24, 2.45) is 0 Å². The van der Waals surface area contributed by atoms with Gasteiger partial charge in [0.15, 0.2) is 11.5 Å². The number of ether oxygens (including phenoxy) is 3. The summed E-state index contributed by atoms with van der Waals surface area (Å²) in [6, 6.07) is 3.52. The highest BCUT2D eigenvalue weighted by atomic mass is 79.9. The van der Waals surface area contributed by atoms with E-state index in [0.717, 1.165) is 6.08 Å². The zero-order valence-corrected chi connectivity index (χ0v) is 13.7. The molecular formula is C15H19BrO5. The first-order valence-corrected chi connectivity index (χ1v) is 7.45. The monoisotopic (exact) mass is 358 g/mol. The van der Waals surface area contributed by atoms with Crippen molar-refractivity contribution in [1.82, 2.24) is 0 Å². The molecule has 0 atom stereocenters. The summed E-state index contributed by atoms with van der Waals surface area (Å²) in [6.45, 7) is 5.83. The lowest BCUT2D eigenvalue weighted by molar-refractivity contribution is -0.131. The molecule has 0 radical (unpaired) electrons. The van der Waals surface area contributed by atoms with Gasteiger partial charge >= 0.3 is 5.97 Å². The third-order valence-corrected chi connectivity index (χ3v) is 3.02. The molecule has 0 aliphatic rings. The molecule has 0 aliphatic carbocycles. The van der Waals surface area contributed by atoms with E-state index in [-0.39, 0.29) is 0 Å². The SMILES string of the molecule is CCOCCOc1c(Br)cc(C=CC(=O)O)cc1OCC. The Labute approximate surface area is 132 Å². The number of halogens is 1. The van der Waals surface area contributed by atoms with Gasteiger partial charge in [-0.05, 0) is 53.5 Å². The van der Waals surface area contributed by atoms with Gasteiger partial charge in [-0.25, -0.2) is 4.79 Å². The zero-order valence-electron chi connectivity index (χ0n) is 12.1. The van der Waals surface area contributed by atoms with E-state index in [2.05, 4.69) is 15.9 Å². The Morgan fingerprint density at radius 1 is 1.24 bits per heavy atom. The summed E-state index contributed by atoms with van der Waals surface area (Å²) >= 11 is 3.42. The van der Waals surface area contributed by atoms with Crippen LogP contribution in [0.5, 0.6) is 11.5 Å². The molecule has 1 rings (SSSR count). The normalized spacial score (nSPS) is 10.8. The van der Waals surface area contributed by atoms with Crippen molar-refractivity contribution < 1.29 is 24.1 Å². The Balaban J connectivity index is 2.93.